The van der Waals surface area contributed by atoms with E-state index >= 15 is 0 Å². The van der Waals surface area contributed by atoms with Gasteiger partial charge in [-0.15, -0.1) is 11.3 Å². The Labute approximate surface area is 121 Å². The van der Waals surface area contributed by atoms with Gasteiger partial charge in [0, 0.05) is 17.0 Å². The number of benzene rings is 1. The largest absolute Gasteiger partial charge is 0.331 e. The fraction of sp³-hybridized carbons (Fsp3) is 0.312. The average Bonchev–Trinajstić information content (AvgIpc) is 3.09. The summed E-state index contributed by atoms with van der Waals surface area (Å²) in [5.41, 5.74) is 1.31. The number of likely N-dealkylation sites (tertiary alicyclic amines) is 1. The van der Waals surface area contributed by atoms with Gasteiger partial charge >= 0.3 is 0 Å². The maximum Gasteiger partial charge on any atom is 0.254 e. The van der Waals surface area contributed by atoms with Crippen LogP contribution in [0.2, 0.25) is 0 Å². The van der Waals surface area contributed by atoms with Gasteiger partial charge in [-0.25, -0.2) is 4.39 Å². The topological polar surface area (TPSA) is 20.3 Å². The molecular formula is C16H16FNOS. The molecule has 20 heavy (non-hydrogen) atoms. The molecule has 3 rings (SSSR count). The van der Waals surface area contributed by atoms with Gasteiger partial charge in [-0.2, -0.15) is 0 Å². The molecule has 0 radical (unpaired) electrons. The summed E-state index contributed by atoms with van der Waals surface area (Å²) in [7, 11) is 0. The summed E-state index contributed by atoms with van der Waals surface area (Å²) in [5, 5.41) is 2.04. The van der Waals surface area contributed by atoms with Crippen molar-refractivity contribution in [3.8, 4) is 0 Å². The Kier molecular flexibility index (Phi) is 3.57. The number of carbonyl (C=O) groups is 1. The lowest BCUT2D eigenvalue weighted by molar-refractivity contribution is 0.0737. The van der Waals surface area contributed by atoms with Crippen molar-refractivity contribution >= 4 is 17.2 Å². The molecule has 0 N–H and O–H groups in total. The van der Waals surface area contributed by atoms with Crippen LogP contribution in [0.25, 0.3) is 0 Å². The molecule has 2 aromatic rings. The second kappa shape index (κ2) is 5.37. The van der Waals surface area contributed by atoms with Crippen molar-refractivity contribution in [3.05, 3.63) is 57.5 Å². The van der Waals surface area contributed by atoms with E-state index in [0.29, 0.717) is 11.1 Å². The van der Waals surface area contributed by atoms with E-state index < -0.39 is 0 Å². The van der Waals surface area contributed by atoms with Gasteiger partial charge in [0.25, 0.3) is 5.91 Å². The standard InChI is InChI=1S/C16H16FNOS/c1-11-10-12(17)6-7-13(11)16(19)18-8-2-4-14(18)15-5-3-9-20-15/h3,5-7,9-10,14H,2,4,8H2,1H3. The molecule has 0 bridgehead atoms. The number of carbonyl (C=O) groups excluding carboxylic acids is 1. The van der Waals surface area contributed by atoms with Crippen molar-refractivity contribution < 1.29 is 9.18 Å². The van der Waals surface area contributed by atoms with Crippen LogP contribution in [-0.2, 0) is 0 Å². The predicted molar refractivity (Wildman–Crippen MR) is 78.5 cm³/mol. The quantitative estimate of drug-likeness (QED) is 0.812. The van der Waals surface area contributed by atoms with Crippen molar-refractivity contribution in [2.75, 3.05) is 6.54 Å². The van der Waals surface area contributed by atoms with Crippen molar-refractivity contribution in [2.24, 2.45) is 0 Å². The Morgan fingerprint density at radius 3 is 2.95 bits per heavy atom. The smallest absolute Gasteiger partial charge is 0.254 e. The summed E-state index contributed by atoms with van der Waals surface area (Å²) in [4.78, 5) is 15.8. The van der Waals surface area contributed by atoms with Crippen molar-refractivity contribution in [1.29, 1.82) is 0 Å². The number of amides is 1. The van der Waals surface area contributed by atoms with E-state index in [1.54, 1.807) is 24.3 Å². The number of nitrogens with zero attached hydrogens (tertiary/aromatic N) is 1. The normalized spacial score (nSPS) is 18.5. The molecule has 1 aliphatic heterocycles. The zero-order valence-electron chi connectivity index (χ0n) is 11.3. The fourth-order valence-corrected chi connectivity index (χ4v) is 3.68. The summed E-state index contributed by atoms with van der Waals surface area (Å²) in [5.74, 6) is -0.284. The highest BCUT2D eigenvalue weighted by Gasteiger charge is 2.31. The number of aryl methyl sites for hydroxylation is 1. The average molecular weight is 289 g/mol. The third-order valence-electron chi connectivity index (χ3n) is 3.80. The molecular weight excluding hydrogens is 273 g/mol. The molecule has 1 aromatic heterocycles. The van der Waals surface area contributed by atoms with Crippen molar-refractivity contribution in [1.82, 2.24) is 4.90 Å². The van der Waals surface area contributed by atoms with Gasteiger partial charge in [-0.1, -0.05) is 6.07 Å². The third-order valence-corrected chi connectivity index (χ3v) is 4.78. The van der Waals surface area contributed by atoms with E-state index in [9.17, 15) is 9.18 Å². The van der Waals surface area contributed by atoms with Gasteiger partial charge in [0.15, 0.2) is 0 Å². The van der Waals surface area contributed by atoms with Gasteiger partial charge in [0.2, 0.25) is 0 Å². The first kappa shape index (κ1) is 13.3. The summed E-state index contributed by atoms with van der Waals surface area (Å²) < 4.78 is 13.2. The molecule has 2 heterocycles. The zero-order valence-corrected chi connectivity index (χ0v) is 12.1. The molecule has 2 nitrogen and oxygen atoms in total. The molecule has 1 unspecified atom stereocenters. The fourth-order valence-electron chi connectivity index (χ4n) is 2.81. The molecule has 104 valence electrons. The molecule has 4 heteroatoms. The number of hydrogen-bond acceptors (Lipinski definition) is 2. The van der Waals surface area contributed by atoms with Crippen LogP contribution in [0, 0.1) is 12.7 Å². The van der Waals surface area contributed by atoms with E-state index in [2.05, 4.69) is 6.07 Å². The summed E-state index contributed by atoms with van der Waals surface area (Å²) in [6.07, 6.45) is 2.03. The van der Waals surface area contributed by atoms with E-state index in [1.807, 2.05) is 16.3 Å². The van der Waals surface area contributed by atoms with Gasteiger partial charge in [0.1, 0.15) is 5.82 Å². The van der Waals surface area contributed by atoms with Crippen LogP contribution in [0.3, 0.4) is 0 Å². The Hall–Kier alpha value is -1.68. The summed E-state index contributed by atoms with van der Waals surface area (Å²) in [6.45, 7) is 2.56. The SMILES string of the molecule is Cc1cc(F)ccc1C(=O)N1CCCC1c1cccs1. The molecule has 1 saturated heterocycles. The maximum atomic E-state index is 13.2. The van der Waals surface area contributed by atoms with Crippen LogP contribution < -0.4 is 0 Å². The highest BCUT2D eigenvalue weighted by atomic mass is 32.1. The third kappa shape index (κ3) is 2.36. The molecule has 1 fully saturated rings. The number of hydrogen-bond donors (Lipinski definition) is 0. The van der Waals surface area contributed by atoms with Crippen molar-refractivity contribution in [3.63, 3.8) is 0 Å². The minimum absolute atomic E-state index is 0.0124. The van der Waals surface area contributed by atoms with E-state index in [-0.39, 0.29) is 17.8 Å². The zero-order chi connectivity index (χ0) is 14.1. The molecule has 1 amide bonds. The molecule has 0 saturated carbocycles. The minimum Gasteiger partial charge on any atom is -0.331 e. The van der Waals surface area contributed by atoms with Gasteiger partial charge in [-0.05, 0) is 55.0 Å². The van der Waals surface area contributed by atoms with Crippen LogP contribution >= 0.6 is 11.3 Å². The lowest BCUT2D eigenvalue weighted by Gasteiger charge is -2.24. The van der Waals surface area contributed by atoms with Gasteiger partial charge < -0.3 is 4.90 Å². The maximum absolute atomic E-state index is 13.2. The Morgan fingerprint density at radius 1 is 1.40 bits per heavy atom. The van der Waals surface area contributed by atoms with Crippen molar-refractivity contribution in [2.45, 2.75) is 25.8 Å². The molecule has 1 aromatic carbocycles. The van der Waals surface area contributed by atoms with Gasteiger partial charge in [0.05, 0.1) is 6.04 Å². The highest BCUT2D eigenvalue weighted by molar-refractivity contribution is 7.10. The first-order chi connectivity index (χ1) is 9.66. The van der Waals surface area contributed by atoms with Crippen LogP contribution in [-0.4, -0.2) is 17.4 Å². The Bertz CT molecular complexity index is 623. The molecule has 1 atom stereocenters. The van der Waals surface area contributed by atoms with E-state index in [1.165, 1.54) is 17.0 Å². The second-order valence-electron chi connectivity index (χ2n) is 5.13. The number of rotatable bonds is 2. The second-order valence-corrected chi connectivity index (χ2v) is 6.11. The molecule has 0 aliphatic carbocycles. The summed E-state index contributed by atoms with van der Waals surface area (Å²) in [6, 6.07) is 8.64. The van der Waals surface area contributed by atoms with E-state index in [0.717, 1.165) is 19.4 Å². The Balaban J connectivity index is 1.89. The van der Waals surface area contributed by atoms with Crippen LogP contribution in [0.15, 0.2) is 35.7 Å². The lowest BCUT2D eigenvalue weighted by atomic mass is 10.1. The minimum atomic E-state index is -0.296. The van der Waals surface area contributed by atoms with Crippen LogP contribution in [0.1, 0.15) is 39.7 Å². The Morgan fingerprint density at radius 2 is 2.25 bits per heavy atom. The van der Waals surface area contributed by atoms with E-state index in [4.69, 9.17) is 0 Å². The molecule has 0 spiro atoms. The monoisotopic (exact) mass is 289 g/mol. The summed E-state index contributed by atoms with van der Waals surface area (Å²) >= 11 is 1.69. The molecule has 1 aliphatic rings. The predicted octanol–water partition coefficient (Wildman–Crippen LogP) is 4.17. The first-order valence-electron chi connectivity index (χ1n) is 6.77. The number of halogens is 1. The highest BCUT2D eigenvalue weighted by Crippen LogP contribution is 2.35. The van der Waals surface area contributed by atoms with Gasteiger partial charge in [-0.3, -0.25) is 4.79 Å². The lowest BCUT2D eigenvalue weighted by Crippen LogP contribution is -2.30. The van der Waals surface area contributed by atoms with Crippen LogP contribution in [0.5, 0.6) is 0 Å². The first-order valence-corrected chi connectivity index (χ1v) is 7.65. The van der Waals surface area contributed by atoms with Crippen LogP contribution in [0.4, 0.5) is 4.39 Å². The number of thiophene rings is 1.